The van der Waals surface area contributed by atoms with Crippen LogP contribution >= 0.6 is 0 Å². The number of hydrazone groups is 1. The van der Waals surface area contributed by atoms with Gasteiger partial charge in [-0.2, -0.15) is 5.10 Å². The second-order valence-corrected chi connectivity index (χ2v) is 7.04. The Labute approximate surface area is 157 Å². The van der Waals surface area contributed by atoms with Gasteiger partial charge in [-0.15, -0.1) is 0 Å². The van der Waals surface area contributed by atoms with Gasteiger partial charge >= 0.3 is 0 Å². The summed E-state index contributed by atoms with van der Waals surface area (Å²) in [5, 5.41) is 15.8. The molecule has 0 aliphatic carbocycles. The van der Waals surface area contributed by atoms with E-state index in [1.165, 1.54) is 0 Å². The molecule has 0 unspecified atom stereocenters. The number of hydrogen-bond acceptors (Lipinski definition) is 5. The highest BCUT2D eigenvalue weighted by Crippen LogP contribution is 2.31. The summed E-state index contributed by atoms with van der Waals surface area (Å²) in [5.74, 6) is -0.00199. The van der Waals surface area contributed by atoms with Crippen LogP contribution in [0, 0.1) is 0 Å². The minimum atomic E-state index is -0.240. The van der Waals surface area contributed by atoms with E-state index in [-0.39, 0.29) is 22.9 Å². The SMILES string of the molecule is CN(C)c1ccc([C@H]2CC(c3c(O)c4ccccc4n(C)c3=O)=NN2)cc1. The lowest BCUT2D eigenvalue weighted by atomic mass is 9.98. The van der Waals surface area contributed by atoms with Gasteiger partial charge in [-0.3, -0.25) is 4.79 Å². The van der Waals surface area contributed by atoms with Crippen LogP contribution in [0.4, 0.5) is 5.69 Å². The highest BCUT2D eigenvalue weighted by atomic mass is 16.3. The van der Waals surface area contributed by atoms with Crippen LogP contribution in [-0.4, -0.2) is 29.5 Å². The Morgan fingerprint density at radius 2 is 1.85 bits per heavy atom. The molecule has 2 N–H and O–H groups in total. The first-order chi connectivity index (χ1) is 13.0. The van der Waals surface area contributed by atoms with Crippen LogP contribution in [0.2, 0.25) is 0 Å². The normalized spacial score (nSPS) is 16.3. The number of rotatable bonds is 3. The number of para-hydroxylation sites is 1. The summed E-state index contributed by atoms with van der Waals surface area (Å²) in [6, 6.07) is 15.5. The molecule has 0 saturated heterocycles. The zero-order chi connectivity index (χ0) is 19.1. The van der Waals surface area contributed by atoms with Gasteiger partial charge in [0.25, 0.3) is 5.56 Å². The molecule has 0 radical (unpaired) electrons. The number of hydrogen-bond donors (Lipinski definition) is 2. The van der Waals surface area contributed by atoms with E-state index in [9.17, 15) is 9.90 Å². The smallest absolute Gasteiger partial charge is 0.263 e. The van der Waals surface area contributed by atoms with Crippen molar-refractivity contribution < 1.29 is 5.11 Å². The van der Waals surface area contributed by atoms with Gasteiger partial charge in [-0.25, -0.2) is 0 Å². The van der Waals surface area contributed by atoms with E-state index in [4.69, 9.17) is 0 Å². The van der Waals surface area contributed by atoms with E-state index in [2.05, 4.69) is 34.8 Å². The summed E-state index contributed by atoms with van der Waals surface area (Å²) in [5.41, 5.74) is 6.64. The van der Waals surface area contributed by atoms with Crippen LogP contribution < -0.4 is 15.9 Å². The lowest BCUT2D eigenvalue weighted by molar-refractivity contribution is 0.478. The lowest BCUT2D eigenvalue weighted by Crippen LogP contribution is -2.24. The maximum Gasteiger partial charge on any atom is 0.263 e. The van der Waals surface area contributed by atoms with E-state index in [1.54, 1.807) is 11.6 Å². The van der Waals surface area contributed by atoms with Crippen molar-refractivity contribution >= 4 is 22.3 Å². The molecular formula is C21H22N4O2. The topological polar surface area (TPSA) is 69.9 Å². The third kappa shape index (κ3) is 2.83. The second-order valence-electron chi connectivity index (χ2n) is 7.04. The Morgan fingerprint density at radius 1 is 1.15 bits per heavy atom. The van der Waals surface area contributed by atoms with E-state index >= 15 is 0 Å². The number of benzene rings is 2. The number of pyridine rings is 1. The average molecular weight is 362 g/mol. The highest BCUT2D eigenvalue weighted by molar-refractivity contribution is 6.07. The van der Waals surface area contributed by atoms with Crippen LogP contribution in [0.3, 0.4) is 0 Å². The van der Waals surface area contributed by atoms with Crippen molar-refractivity contribution in [2.45, 2.75) is 12.5 Å². The Balaban J connectivity index is 1.69. The van der Waals surface area contributed by atoms with Crippen LogP contribution in [0.5, 0.6) is 5.75 Å². The third-order valence-electron chi connectivity index (χ3n) is 5.13. The largest absolute Gasteiger partial charge is 0.506 e. The fourth-order valence-electron chi connectivity index (χ4n) is 3.54. The summed E-state index contributed by atoms with van der Waals surface area (Å²) in [6.45, 7) is 0. The zero-order valence-corrected chi connectivity index (χ0v) is 15.6. The van der Waals surface area contributed by atoms with Crippen LogP contribution in [0.15, 0.2) is 58.4 Å². The summed E-state index contributed by atoms with van der Waals surface area (Å²) in [6.07, 6.45) is 0.544. The highest BCUT2D eigenvalue weighted by Gasteiger charge is 2.27. The molecule has 0 saturated carbocycles. The number of nitrogens with one attached hydrogen (secondary N) is 1. The number of aromatic nitrogens is 1. The molecule has 0 fully saturated rings. The number of fused-ring (bicyclic) bond motifs is 1. The molecule has 4 rings (SSSR count). The van der Waals surface area contributed by atoms with Gasteiger partial charge in [0.2, 0.25) is 0 Å². The van der Waals surface area contributed by atoms with Gasteiger partial charge in [0.05, 0.1) is 17.3 Å². The second kappa shape index (κ2) is 6.46. The lowest BCUT2D eigenvalue weighted by Gasteiger charge is -2.15. The van der Waals surface area contributed by atoms with Crippen LogP contribution in [0.1, 0.15) is 23.6 Å². The summed E-state index contributed by atoms with van der Waals surface area (Å²) < 4.78 is 1.56. The van der Waals surface area contributed by atoms with Crippen molar-refractivity contribution in [1.82, 2.24) is 9.99 Å². The van der Waals surface area contributed by atoms with Crippen LogP contribution in [0.25, 0.3) is 10.9 Å². The fourth-order valence-corrected chi connectivity index (χ4v) is 3.54. The quantitative estimate of drug-likeness (QED) is 0.752. The Kier molecular flexibility index (Phi) is 4.11. The molecule has 138 valence electrons. The van der Waals surface area contributed by atoms with Gasteiger partial charge < -0.3 is 20.0 Å². The van der Waals surface area contributed by atoms with Crippen molar-refractivity contribution in [3.8, 4) is 5.75 Å². The Morgan fingerprint density at radius 3 is 2.56 bits per heavy atom. The molecule has 2 heterocycles. The molecule has 2 aromatic carbocycles. The van der Waals surface area contributed by atoms with Gasteiger partial charge in [0.1, 0.15) is 11.3 Å². The molecule has 27 heavy (non-hydrogen) atoms. The minimum absolute atomic E-state index is 0.00199. The molecule has 6 nitrogen and oxygen atoms in total. The molecule has 0 amide bonds. The van der Waals surface area contributed by atoms with Crippen molar-refractivity contribution in [2.75, 3.05) is 19.0 Å². The van der Waals surface area contributed by atoms with E-state index in [1.807, 2.05) is 43.3 Å². The van der Waals surface area contributed by atoms with Crippen molar-refractivity contribution in [1.29, 1.82) is 0 Å². The summed E-state index contributed by atoms with van der Waals surface area (Å²) >= 11 is 0. The van der Waals surface area contributed by atoms with E-state index < -0.39 is 0 Å². The molecule has 1 aliphatic heterocycles. The minimum Gasteiger partial charge on any atom is -0.506 e. The first kappa shape index (κ1) is 17.1. The molecule has 1 aromatic heterocycles. The molecule has 6 heteroatoms. The van der Waals surface area contributed by atoms with Crippen LogP contribution in [-0.2, 0) is 7.05 Å². The first-order valence-corrected chi connectivity index (χ1v) is 8.88. The maximum absolute atomic E-state index is 12.8. The first-order valence-electron chi connectivity index (χ1n) is 8.88. The van der Waals surface area contributed by atoms with Gasteiger partial charge in [0, 0.05) is 38.6 Å². The monoisotopic (exact) mass is 362 g/mol. The molecule has 3 aromatic rings. The number of nitrogens with zero attached hydrogens (tertiary/aromatic N) is 3. The predicted octanol–water partition coefficient (Wildman–Crippen LogP) is 2.75. The molecular weight excluding hydrogens is 340 g/mol. The molecule has 1 aliphatic rings. The Hall–Kier alpha value is -3.28. The third-order valence-corrected chi connectivity index (χ3v) is 5.13. The van der Waals surface area contributed by atoms with Gasteiger partial charge in [-0.1, -0.05) is 24.3 Å². The fraction of sp³-hybridized carbons (Fsp3) is 0.238. The van der Waals surface area contributed by atoms with Crippen molar-refractivity contribution in [2.24, 2.45) is 12.1 Å². The van der Waals surface area contributed by atoms with E-state index in [0.29, 0.717) is 23.0 Å². The number of aromatic hydroxyl groups is 1. The average Bonchev–Trinajstić information content (AvgIpc) is 3.16. The molecule has 0 spiro atoms. The van der Waals surface area contributed by atoms with Crippen molar-refractivity contribution in [3.05, 3.63) is 70.0 Å². The number of anilines is 1. The van der Waals surface area contributed by atoms with Crippen molar-refractivity contribution in [3.63, 3.8) is 0 Å². The van der Waals surface area contributed by atoms with Gasteiger partial charge in [0.15, 0.2) is 0 Å². The Bertz CT molecular complexity index is 1100. The summed E-state index contributed by atoms with van der Waals surface area (Å²) in [4.78, 5) is 14.9. The van der Waals surface area contributed by atoms with Gasteiger partial charge in [-0.05, 0) is 29.8 Å². The standard InChI is InChI=1S/C21H22N4O2/c1-24(2)14-10-8-13(9-11-14)16-12-17(23-22-16)19-20(26)15-6-4-5-7-18(15)25(3)21(19)27/h4-11,16,22,26H,12H2,1-3H3/t16-/m1/s1. The molecule has 0 bridgehead atoms. The zero-order valence-electron chi connectivity index (χ0n) is 15.6. The summed E-state index contributed by atoms with van der Waals surface area (Å²) in [7, 11) is 5.72. The predicted molar refractivity (Wildman–Crippen MR) is 109 cm³/mol. The number of aryl methyl sites for hydroxylation is 1. The maximum atomic E-state index is 12.8. The van der Waals surface area contributed by atoms with E-state index in [0.717, 1.165) is 11.3 Å². The molecule has 1 atom stereocenters.